The summed E-state index contributed by atoms with van der Waals surface area (Å²) in [5.74, 6) is 1.21. The molecule has 0 bridgehead atoms. The fourth-order valence-electron chi connectivity index (χ4n) is 2.72. The van der Waals surface area contributed by atoms with E-state index in [1.807, 2.05) is 61.5 Å². The van der Waals surface area contributed by atoms with Crippen LogP contribution >= 0.6 is 15.9 Å². The minimum absolute atomic E-state index is 0.177. The van der Waals surface area contributed by atoms with Crippen LogP contribution in [0.4, 0.5) is 5.69 Å². The summed E-state index contributed by atoms with van der Waals surface area (Å²) in [6, 6.07) is 18.7. The predicted octanol–water partition coefficient (Wildman–Crippen LogP) is 6.15. The maximum atomic E-state index is 12.6. The molecule has 0 saturated heterocycles. The Kier molecular flexibility index (Phi) is 6.24. The van der Waals surface area contributed by atoms with Crippen molar-refractivity contribution in [2.45, 2.75) is 26.7 Å². The number of halogens is 1. The topological polar surface area (TPSA) is 51.2 Å². The fraction of sp³-hybridized carbons (Fsp3) is 0.182. The standard InChI is InChI=1S/C22H21BrN2O2/c1-3-5-17-10-13-21(15(2)24-17)22(26)25-18-6-4-7-20(14-18)27-19-11-8-16(23)9-12-19/h4,6-14H,3,5H2,1-2H3,(H,25,26). The number of hydrogen-bond donors (Lipinski definition) is 1. The Bertz CT molecular complexity index is 939. The van der Waals surface area contributed by atoms with Gasteiger partial charge in [-0.2, -0.15) is 0 Å². The van der Waals surface area contributed by atoms with Gasteiger partial charge in [-0.1, -0.05) is 35.3 Å². The molecular formula is C22H21BrN2O2. The predicted molar refractivity (Wildman–Crippen MR) is 112 cm³/mol. The molecule has 0 atom stereocenters. The molecule has 2 aromatic carbocycles. The van der Waals surface area contributed by atoms with E-state index in [9.17, 15) is 4.79 Å². The first-order valence-corrected chi connectivity index (χ1v) is 9.66. The second-order valence-electron chi connectivity index (χ2n) is 6.22. The Morgan fingerprint density at radius 3 is 2.56 bits per heavy atom. The molecule has 27 heavy (non-hydrogen) atoms. The Morgan fingerprint density at radius 1 is 1.07 bits per heavy atom. The highest BCUT2D eigenvalue weighted by Gasteiger charge is 2.11. The molecule has 1 heterocycles. The number of amides is 1. The zero-order valence-electron chi connectivity index (χ0n) is 15.3. The van der Waals surface area contributed by atoms with Crippen molar-refractivity contribution in [2.24, 2.45) is 0 Å². The number of ether oxygens (including phenoxy) is 1. The average molecular weight is 425 g/mol. The van der Waals surface area contributed by atoms with Crippen LogP contribution in [0.2, 0.25) is 0 Å². The third-order valence-electron chi connectivity index (χ3n) is 4.04. The van der Waals surface area contributed by atoms with Crippen molar-refractivity contribution >= 4 is 27.5 Å². The van der Waals surface area contributed by atoms with E-state index in [4.69, 9.17) is 4.74 Å². The second kappa shape index (κ2) is 8.82. The zero-order valence-corrected chi connectivity index (χ0v) is 16.9. The first kappa shape index (κ1) is 19.1. The molecule has 0 saturated carbocycles. The van der Waals surface area contributed by atoms with Crippen LogP contribution in [0.25, 0.3) is 0 Å². The SMILES string of the molecule is CCCc1ccc(C(=O)Nc2cccc(Oc3ccc(Br)cc3)c2)c(C)n1. The van der Waals surface area contributed by atoms with Crippen LogP contribution in [0.15, 0.2) is 65.1 Å². The minimum Gasteiger partial charge on any atom is -0.457 e. The molecule has 0 aliphatic rings. The Hall–Kier alpha value is -2.66. The minimum atomic E-state index is -0.177. The van der Waals surface area contributed by atoms with Crippen LogP contribution in [0.1, 0.15) is 35.1 Å². The molecule has 1 aromatic heterocycles. The van der Waals surface area contributed by atoms with Crippen LogP contribution in [-0.4, -0.2) is 10.9 Å². The highest BCUT2D eigenvalue weighted by atomic mass is 79.9. The van der Waals surface area contributed by atoms with Gasteiger partial charge >= 0.3 is 0 Å². The van der Waals surface area contributed by atoms with Crippen LogP contribution in [0.3, 0.4) is 0 Å². The zero-order chi connectivity index (χ0) is 19.2. The Morgan fingerprint density at radius 2 is 1.85 bits per heavy atom. The molecule has 0 spiro atoms. The third-order valence-corrected chi connectivity index (χ3v) is 4.56. The van der Waals surface area contributed by atoms with Gasteiger partial charge in [0.1, 0.15) is 11.5 Å². The van der Waals surface area contributed by atoms with Gasteiger partial charge in [0.05, 0.1) is 11.3 Å². The lowest BCUT2D eigenvalue weighted by Crippen LogP contribution is -2.14. The van der Waals surface area contributed by atoms with Crippen molar-refractivity contribution in [1.82, 2.24) is 4.98 Å². The lowest BCUT2D eigenvalue weighted by atomic mass is 10.1. The van der Waals surface area contributed by atoms with Gasteiger partial charge in [-0.05, 0) is 61.9 Å². The van der Waals surface area contributed by atoms with E-state index in [-0.39, 0.29) is 5.91 Å². The highest BCUT2D eigenvalue weighted by Crippen LogP contribution is 2.25. The molecule has 3 aromatic rings. The number of nitrogens with zero attached hydrogens (tertiary/aromatic N) is 1. The van der Waals surface area contributed by atoms with Crippen molar-refractivity contribution in [3.05, 3.63) is 82.1 Å². The summed E-state index contributed by atoms with van der Waals surface area (Å²) in [4.78, 5) is 17.1. The molecule has 5 heteroatoms. The summed E-state index contributed by atoms with van der Waals surface area (Å²) in [5.41, 5.74) is 3.00. The number of benzene rings is 2. The van der Waals surface area contributed by atoms with Crippen molar-refractivity contribution in [3.8, 4) is 11.5 Å². The number of nitrogens with one attached hydrogen (secondary N) is 1. The van der Waals surface area contributed by atoms with E-state index < -0.39 is 0 Å². The van der Waals surface area contributed by atoms with Crippen LogP contribution < -0.4 is 10.1 Å². The van der Waals surface area contributed by atoms with Gasteiger partial charge in [-0.25, -0.2) is 0 Å². The molecule has 0 unspecified atom stereocenters. The maximum Gasteiger partial charge on any atom is 0.257 e. The maximum absolute atomic E-state index is 12.6. The number of rotatable bonds is 6. The van der Waals surface area contributed by atoms with Crippen molar-refractivity contribution in [1.29, 1.82) is 0 Å². The smallest absolute Gasteiger partial charge is 0.257 e. The summed E-state index contributed by atoms with van der Waals surface area (Å²) in [6.45, 7) is 3.97. The number of anilines is 1. The van der Waals surface area contributed by atoms with Crippen molar-refractivity contribution in [3.63, 3.8) is 0 Å². The molecule has 1 N–H and O–H groups in total. The lowest BCUT2D eigenvalue weighted by molar-refractivity contribution is 0.102. The molecule has 0 fully saturated rings. The molecule has 0 radical (unpaired) electrons. The molecule has 1 amide bonds. The molecule has 0 aliphatic carbocycles. The number of pyridine rings is 1. The van der Waals surface area contributed by atoms with Crippen LogP contribution in [0, 0.1) is 6.92 Å². The van der Waals surface area contributed by atoms with E-state index in [2.05, 4.69) is 33.2 Å². The summed E-state index contributed by atoms with van der Waals surface area (Å²) >= 11 is 3.40. The molecule has 4 nitrogen and oxygen atoms in total. The third kappa shape index (κ3) is 5.17. The summed E-state index contributed by atoms with van der Waals surface area (Å²) in [5, 5.41) is 2.92. The van der Waals surface area contributed by atoms with Gasteiger partial charge in [-0.3, -0.25) is 9.78 Å². The van der Waals surface area contributed by atoms with E-state index in [0.29, 0.717) is 17.0 Å². The summed E-state index contributed by atoms with van der Waals surface area (Å²) in [7, 11) is 0. The first-order valence-electron chi connectivity index (χ1n) is 8.86. The quantitative estimate of drug-likeness (QED) is 0.516. The molecule has 0 aliphatic heterocycles. The van der Waals surface area contributed by atoms with Crippen LogP contribution in [0.5, 0.6) is 11.5 Å². The number of aromatic nitrogens is 1. The lowest BCUT2D eigenvalue weighted by Gasteiger charge is -2.11. The number of aryl methyl sites for hydroxylation is 2. The second-order valence-corrected chi connectivity index (χ2v) is 7.14. The molecule has 3 rings (SSSR count). The number of carbonyl (C=O) groups is 1. The molecular weight excluding hydrogens is 404 g/mol. The fourth-order valence-corrected chi connectivity index (χ4v) is 2.99. The normalized spacial score (nSPS) is 10.5. The van der Waals surface area contributed by atoms with E-state index >= 15 is 0 Å². The van der Waals surface area contributed by atoms with Gasteiger partial charge < -0.3 is 10.1 Å². The number of carbonyl (C=O) groups excluding carboxylic acids is 1. The van der Waals surface area contributed by atoms with E-state index in [0.717, 1.165) is 34.5 Å². The molecule has 138 valence electrons. The average Bonchev–Trinajstić information content (AvgIpc) is 2.64. The van der Waals surface area contributed by atoms with Gasteiger partial charge in [0.25, 0.3) is 5.91 Å². The highest BCUT2D eigenvalue weighted by molar-refractivity contribution is 9.10. The largest absolute Gasteiger partial charge is 0.457 e. The Labute approximate surface area is 167 Å². The van der Waals surface area contributed by atoms with E-state index in [1.54, 1.807) is 6.07 Å². The summed E-state index contributed by atoms with van der Waals surface area (Å²) in [6.07, 6.45) is 1.95. The number of hydrogen-bond acceptors (Lipinski definition) is 3. The summed E-state index contributed by atoms with van der Waals surface area (Å²) < 4.78 is 6.83. The van der Waals surface area contributed by atoms with Gasteiger partial charge in [0.2, 0.25) is 0 Å². The van der Waals surface area contributed by atoms with Gasteiger partial charge in [0, 0.05) is 21.9 Å². The van der Waals surface area contributed by atoms with Crippen LogP contribution in [-0.2, 0) is 6.42 Å². The van der Waals surface area contributed by atoms with Crippen molar-refractivity contribution < 1.29 is 9.53 Å². The van der Waals surface area contributed by atoms with Crippen molar-refractivity contribution in [2.75, 3.05) is 5.32 Å². The first-order chi connectivity index (χ1) is 13.0. The van der Waals surface area contributed by atoms with Gasteiger partial charge in [-0.15, -0.1) is 0 Å². The van der Waals surface area contributed by atoms with Gasteiger partial charge in [0.15, 0.2) is 0 Å². The van der Waals surface area contributed by atoms with E-state index in [1.165, 1.54) is 0 Å². The monoisotopic (exact) mass is 424 g/mol. The Balaban J connectivity index is 1.72.